The van der Waals surface area contributed by atoms with E-state index in [0.717, 1.165) is 19.2 Å². The van der Waals surface area contributed by atoms with Gasteiger partial charge >= 0.3 is 6.18 Å². The average molecular weight is 596 g/mol. The number of carbonyl (C=O) groups excluding carboxylic acids is 1. The summed E-state index contributed by atoms with van der Waals surface area (Å²) >= 11 is 0. The van der Waals surface area contributed by atoms with Crippen molar-refractivity contribution in [3.05, 3.63) is 82.7 Å². The van der Waals surface area contributed by atoms with Crippen molar-refractivity contribution in [3.8, 4) is 11.8 Å². The zero-order valence-corrected chi connectivity index (χ0v) is 23.8. The Kier molecular flexibility index (Phi) is 10.7. The molecular formula is C30H32F3N7O3. The SMILES string of the molecule is COCCOC(=N)/C=C\c1ncc(C#Cc2cncc(C(=O)Nc3ccc(CN4CCN(C)CC4)c(C(F)(F)F)c3)c2)[nH]1. The number of aromatic amines is 1. The second-order valence-corrected chi connectivity index (χ2v) is 9.84. The van der Waals surface area contributed by atoms with Crippen LogP contribution in [0.4, 0.5) is 18.9 Å². The van der Waals surface area contributed by atoms with Crippen LogP contribution in [0.1, 0.15) is 38.6 Å². The van der Waals surface area contributed by atoms with E-state index in [1.807, 2.05) is 11.9 Å². The summed E-state index contributed by atoms with van der Waals surface area (Å²) in [6, 6.07) is 5.37. The molecule has 1 saturated heterocycles. The van der Waals surface area contributed by atoms with Gasteiger partial charge < -0.3 is 24.7 Å². The van der Waals surface area contributed by atoms with Gasteiger partial charge in [-0.25, -0.2) is 4.98 Å². The molecule has 1 fully saturated rings. The van der Waals surface area contributed by atoms with Crippen LogP contribution in [0.25, 0.3) is 6.08 Å². The summed E-state index contributed by atoms with van der Waals surface area (Å²) in [6.45, 7) is 3.79. The molecule has 0 unspecified atom stereocenters. The number of nitrogens with one attached hydrogen (secondary N) is 3. The summed E-state index contributed by atoms with van der Waals surface area (Å²) in [6.07, 6.45) is 2.73. The standard InChI is InChI=1S/C30H32F3N7O3/c1-39-9-11-40(12-10-39)20-22-4-6-24(16-26(22)30(31,32)33)38-29(41)23-15-21(17-35-18-23)3-5-25-19-36-28(37-25)8-7-27(34)43-14-13-42-2/h4,6-8,15-19,34H,9-14,20H2,1-2H3,(H,36,37)(H,38,41)/b8-7-,34-27?. The number of pyridine rings is 1. The number of anilines is 1. The molecule has 0 spiro atoms. The predicted molar refractivity (Wildman–Crippen MR) is 156 cm³/mol. The number of H-pyrrole nitrogens is 1. The lowest BCUT2D eigenvalue weighted by Gasteiger charge is -2.33. The number of hydrogen-bond donors (Lipinski definition) is 3. The number of carbonyl (C=O) groups is 1. The van der Waals surface area contributed by atoms with Crippen molar-refractivity contribution in [1.82, 2.24) is 24.8 Å². The number of methoxy groups -OCH3 is 1. The minimum Gasteiger partial charge on any atom is -0.476 e. The zero-order valence-electron chi connectivity index (χ0n) is 23.8. The van der Waals surface area contributed by atoms with E-state index in [2.05, 4.69) is 37.0 Å². The maximum Gasteiger partial charge on any atom is 0.416 e. The van der Waals surface area contributed by atoms with Crippen LogP contribution in [0, 0.1) is 17.3 Å². The number of alkyl halides is 3. The molecule has 3 aromatic rings. The van der Waals surface area contributed by atoms with E-state index in [1.165, 1.54) is 42.9 Å². The van der Waals surface area contributed by atoms with E-state index < -0.39 is 17.6 Å². The minimum absolute atomic E-state index is 0.0335. The predicted octanol–water partition coefficient (Wildman–Crippen LogP) is 3.88. The Morgan fingerprint density at radius 2 is 1.93 bits per heavy atom. The topological polar surface area (TPSA) is 119 Å². The van der Waals surface area contributed by atoms with Crippen LogP contribution in [0.15, 0.2) is 48.9 Å². The highest BCUT2D eigenvalue weighted by atomic mass is 19.4. The highest BCUT2D eigenvalue weighted by Gasteiger charge is 2.34. The first-order valence-electron chi connectivity index (χ1n) is 13.4. The van der Waals surface area contributed by atoms with Crippen molar-refractivity contribution in [1.29, 1.82) is 5.41 Å². The lowest BCUT2D eigenvalue weighted by Crippen LogP contribution is -2.44. The second kappa shape index (κ2) is 14.6. The van der Waals surface area contributed by atoms with Crippen molar-refractivity contribution in [2.45, 2.75) is 12.7 Å². The molecule has 3 heterocycles. The summed E-state index contributed by atoms with van der Waals surface area (Å²) in [5.41, 5.74) is 0.475. The van der Waals surface area contributed by atoms with Crippen LogP contribution in [0.2, 0.25) is 0 Å². The molecule has 10 nitrogen and oxygen atoms in total. The van der Waals surface area contributed by atoms with Gasteiger partial charge in [0, 0.05) is 69.6 Å². The Hall–Kier alpha value is -4.51. The Balaban J connectivity index is 1.40. The Bertz CT molecular complexity index is 1520. The van der Waals surface area contributed by atoms with Crippen LogP contribution < -0.4 is 5.32 Å². The molecule has 1 aliphatic heterocycles. The Morgan fingerprint density at radius 3 is 2.67 bits per heavy atom. The summed E-state index contributed by atoms with van der Waals surface area (Å²) in [5, 5.41) is 10.3. The molecule has 1 aromatic carbocycles. The third kappa shape index (κ3) is 9.50. The molecular weight excluding hydrogens is 563 g/mol. The van der Waals surface area contributed by atoms with E-state index in [0.29, 0.717) is 36.8 Å². The maximum absolute atomic E-state index is 13.9. The number of nitrogens with zero attached hydrogens (tertiary/aromatic N) is 4. The van der Waals surface area contributed by atoms with E-state index in [1.54, 1.807) is 13.2 Å². The fraction of sp³-hybridized carbons (Fsp3) is 0.333. The van der Waals surface area contributed by atoms with Crippen molar-refractivity contribution >= 4 is 23.6 Å². The maximum atomic E-state index is 13.9. The van der Waals surface area contributed by atoms with Gasteiger partial charge in [-0.3, -0.25) is 20.1 Å². The molecule has 43 heavy (non-hydrogen) atoms. The third-order valence-electron chi connectivity index (χ3n) is 6.54. The number of imidazole rings is 1. The molecule has 0 bridgehead atoms. The van der Waals surface area contributed by atoms with Crippen LogP contribution in [0.3, 0.4) is 0 Å². The zero-order chi connectivity index (χ0) is 30.8. The van der Waals surface area contributed by atoms with Gasteiger partial charge in [-0.2, -0.15) is 13.2 Å². The summed E-state index contributed by atoms with van der Waals surface area (Å²) in [7, 11) is 3.53. The fourth-order valence-corrected chi connectivity index (χ4v) is 4.20. The quantitative estimate of drug-likeness (QED) is 0.149. The van der Waals surface area contributed by atoms with E-state index in [9.17, 15) is 18.0 Å². The number of aromatic nitrogens is 3. The highest BCUT2D eigenvalue weighted by Crippen LogP contribution is 2.34. The summed E-state index contributed by atoms with van der Waals surface area (Å²) < 4.78 is 51.8. The molecule has 0 aliphatic carbocycles. The van der Waals surface area contributed by atoms with Crippen molar-refractivity contribution < 1.29 is 27.4 Å². The number of rotatable bonds is 9. The monoisotopic (exact) mass is 595 g/mol. The highest BCUT2D eigenvalue weighted by molar-refractivity contribution is 6.04. The largest absolute Gasteiger partial charge is 0.476 e. The molecule has 226 valence electrons. The van der Waals surface area contributed by atoms with Gasteiger partial charge in [0.2, 0.25) is 5.90 Å². The molecule has 0 radical (unpaired) electrons. The van der Waals surface area contributed by atoms with Crippen molar-refractivity contribution in [2.24, 2.45) is 0 Å². The molecule has 13 heteroatoms. The number of hydrogen-bond acceptors (Lipinski definition) is 8. The van der Waals surface area contributed by atoms with Gasteiger partial charge in [0.15, 0.2) is 0 Å². The van der Waals surface area contributed by atoms with Crippen LogP contribution in [0.5, 0.6) is 0 Å². The lowest BCUT2D eigenvalue weighted by atomic mass is 10.0. The number of likely N-dealkylation sites (N-methyl/N-ethyl adjacent to an activating group) is 1. The molecule has 1 amide bonds. The van der Waals surface area contributed by atoms with Gasteiger partial charge in [-0.15, -0.1) is 0 Å². The van der Waals surface area contributed by atoms with Crippen LogP contribution in [-0.4, -0.2) is 90.1 Å². The summed E-state index contributed by atoms with van der Waals surface area (Å²) in [5.74, 6) is 5.58. The first-order valence-corrected chi connectivity index (χ1v) is 13.4. The van der Waals surface area contributed by atoms with E-state index >= 15 is 0 Å². The molecule has 4 rings (SSSR count). The number of piperazine rings is 1. The molecule has 2 aromatic heterocycles. The third-order valence-corrected chi connectivity index (χ3v) is 6.54. The molecule has 0 saturated carbocycles. The van der Waals surface area contributed by atoms with E-state index in [-0.39, 0.29) is 35.9 Å². The number of amides is 1. The number of benzene rings is 1. The van der Waals surface area contributed by atoms with Crippen LogP contribution >= 0.6 is 0 Å². The van der Waals surface area contributed by atoms with Gasteiger partial charge in [-0.1, -0.05) is 12.0 Å². The van der Waals surface area contributed by atoms with E-state index in [4.69, 9.17) is 14.9 Å². The molecule has 1 aliphatic rings. The Labute approximate surface area is 247 Å². The second-order valence-electron chi connectivity index (χ2n) is 9.84. The van der Waals surface area contributed by atoms with Gasteiger partial charge in [-0.05, 0) is 42.8 Å². The van der Waals surface area contributed by atoms with Gasteiger partial charge in [0.1, 0.15) is 18.1 Å². The average Bonchev–Trinajstić information content (AvgIpc) is 3.44. The summed E-state index contributed by atoms with van der Waals surface area (Å²) in [4.78, 5) is 28.2. The van der Waals surface area contributed by atoms with Crippen molar-refractivity contribution in [3.63, 3.8) is 0 Å². The lowest BCUT2D eigenvalue weighted by molar-refractivity contribution is -0.138. The smallest absolute Gasteiger partial charge is 0.416 e. The Morgan fingerprint density at radius 1 is 1.14 bits per heavy atom. The van der Waals surface area contributed by atoms with Gasteiger partial charge in [0.25, 0.3) is 5.91 Å². The molecule has 3 N–H and O–H groups in total. The first-order chi connectivity index (χ1) is 20.6. The van der Waals surface area contributed by atoms with Crippen LogP contribution in [-0.2, 0) is 22.2 Å². The normalized spacial score (nSPS) is 14.3. The van der Waals surface area contributed by atoms with Gasteiger partial charge in [0.05, 0.1) is 23.9 Å². The van der Waals surface area contributed by atoms with Crippen molar-refractivity contribution in [2.75, 3.05) is 58.9 Å². The molecule has 0 atom stereocenters. The minimum atomic E-state index is -4.57. The first kappa shape index (κ1) is 31.4. The fourth-order valence-electron chi connectivity index (χ4n) is 4.20. The number of ether oxygens (including phenoxy) is 2. The number of halogens is 3.